The second kappa shape index (κ2) is 4.98. The van der Waals surface area contributed by atoms with E-state index in [1.807, 2.05) is 0 Å². The molecular weight excluding hydrogens is 270 g/mol. The van der Waals surface area contributed by atoms with E-state index in [-0.39, 0.29) is 17.3 Å². The van der Waals surface area contributed by atoms with Crippen LogP contribution in [0, 0.1) is 13.8 Å². The molecule has 0 atom stereocenters. The zero-order valence-electron chi connectivity index (χ0n) is 10.5. The van der Waals surface area contributed by atoms with Crippen LogP contribution in [0.4, 0.5) is 0 Å². The lowest BCUT2D eigenvalue weighted by Crippen LogP contribution is -2.14. The van der Waals surface area contributed by atoms with Crippen molar-refractivity contribution in [3.63, 3.8) is 0 Å². The molecule has 102 valence electrons. The summed E-state index contributed by atoms with van der Waals surface area (Å²) in [5.41, 5.74) is 0.770. The van der Waals surface area contributed by atoms with Crippen molar-refractivity contribution >= 4 is 10.0 Å². The number of hydrogen-bond acceptors (Lipinski definition) is 6. The first-order valence-electron chi connectivity index (χ1n) is 5.42. The van der Waals surface area contributed by atoms with Gasteiger partial charge in [0.2, 0.25) is 21.7 Å². The zero-order valence-corrected chi connectivity index (χ0v) is 11.3. The molecule has 1 aromatic heterocycles. The minimum atomic E-state index is -3.84. The fraction of sp³-hybridized carbons (Fsp3) is 0.273. The molecule has 0 bridgehead atoms. The molecule has 7 nitrogen and oxygen atoms in total. The smallest absolute Gasteiger partial charge is 0.241 e. The second-order valence-electron chi connectivity index (χ2n) is 4.01. The molecule has 0 aliphatic rings. The predicted molar refractivity (Wildman–Crippen MR) is 65.9 cm³/mol. The van der Waals surface area contributed by atoms with Gasteiger partial charge in [0.1, 0.15) is 10.6 Å². The normalized spacial score (nSPS) is 11.5. The van der Waals surface area contributed by atoms with Gasteiger partial charge < -0.3 is 9.26 Å². The van der Waals surface area contributed by atoms with Gasteiger partial charge in [-0.3, -0.25) is 0 Å². The lowest BCUT2D eigenvalue weighted by atomic mass is 10.2. The number of aromatic nitrogens is 2. The summed E-state index contributed by atoms with van der Waals surface area (Å²) in [5, 5.41) is 8.79. The Hall–Kier alpha value is -1.93. The van der Waals surface area contributed by atoms with Gasteiger partial charge in [-0.2, -0.15) is 4.98 Å². The van der Waals surface area contributed by atoms with Crippen molar-refractivity contribution in [3.05, 3.63) is 35.5 Å². The van der Waals surface area contributed by atoms with Gasteiger partial charge in [0.15, 0.2) is 6.61 Å². The Labute approximate surface area is 110 Å². The molecule has 1 heterocycles. The van der Waals surface area contributed by atoms with E-state index >= 15 is 0 Å². The summed E-state index contributed by atoms with van der Waals surface area (Å²) in [4.78, 5) is 3.89. The zero-order chi connectivity index (χ0) is 14.0. The summed E-state index contributed by atoms with van der Waals surface area (Å²) in [6.07, 6.45) is 0. The van der Waals surface area contributed by atoms with E-state index < -0.39 is 10.0 Å². The van der Waals surface area contributed by atoms with Crippen molar-refractivity contribution in [1.29, 1.82) is 0 Å². The van der Waals surface area contributed by atoms with Gasteiger partial charge in [0.05, 0.1) is 0 Å². The Morgan fingerprint density at radius 2 is 2.11 bits per heavy atom. The minimum absolute atomic E-state index is 0.00290. The van der Waals surface area contributed by atoms with Crippen LogP contribution in [0.3, 0.4) is 0 Å². The molecule has 2 rings (SSSR count). The fourth-order valence-corrected chi connectivity index (χ4v) is 2.26. The molecule has 0 spiro atoms. The quantitative estimate of drug-likeness (QED) is 0.893. The number of hydrogen-bond donors (Lipinski definition) is 1. The van der Waals surface area contributed by atoms with Crippen LogP contribution in [0.1, 0.15) is 17.3 Å². The van der Waals surface area contributed by atoms with Crippen LogP contribution in [-0.2, 0) is 16.6 Å². The molecule has 0 aliphatic carbocycles. The van der Waals surface area contributed by atoms with Gasteiger partial charge in [-0.15, -0.1) is 0 Å². The van der Waals surface area contributed by atoms with E-state index in [1.165, 1.54) is 6.07 Å². The molecule has 2 aromatic rings. The molecular formula is C11H13N3O4S. The molecule has 0 unspecified atom stereocenters. The Morgan fingerprint density at radius 1 is 1.37 bits per heavy atom. The fourth-order valence-electron chi connectivity index (χ4n) is 1.50. The molecule has 0 saturated carbocycles. The third kappa shape index (κ3) is 3.30. The van der Waals surface area contributed by atoms with E-state index in [4.69, 9.17) is 14.4 Å². The first-order valence-corrected chi connectivity index (χ1v) is 6.96. The maximum absolute atomic E-state index is 11.5. The Kier molecular flexibility index (Phi) is 3.54. The van der Waals surface area contributed by atoms with E-state index in [1.54, 1.807) is 26.0 Å². The van der Waals surface area contributed by atoms with Crippen LogP contribution in [0.2, 0.25) is 0 Å². The summed E-state index contributed by atoms with van der Waals surface area (Å²) in [6, 6.07) is 4.72. The lowest BCUT2D eigenvalue weighted by Gasteiger charge is -2.09. The molecule has 0 amide bonds. The molecule has 0 aliphatic heterocycles. The van der Waals surface area contributed by atoms with Crippen LogP contribution in [-0.4, -0.2) is 18.6 Å². The highest BCUT2D eigenvalue weighted by molar-refractivity contribution is 7.89. The number of ether oxygens (including phenoxy) is 1. The first kappa shape index (κ1) is 13.5. The topological polar surface area (TPSA) is 108 Å². The number of sulfonamides is 1. The van der Waals surface area contributed by atoms with Crippen molar-refractivity contribution in [1.82, 2.24) is 10.1 Å². The van der Waals surface area contributed by atoms with Gasteiger partial charge >= 0.3 is 0 Å². The summed E-state index contributed by atoms with van der Waals surface area (Å²) in [6.45, 7) is 3.42. The number of nitrogens with zero attached hydrogens (tertiary/aromatic N) is 2. The lowest BCUT2D eigenvalue weighted by molar-refractivity contribution is 0.279. The predicted octanol–water partition coefficient (Wildman–Crippen LogP) is 0.913. The third-order valence-electron chi connectivity index (χ3n) is 2.33. The minimum Gasteiger partial charge on any atom is -0.484 e. The Bertz CT molecular complexity index is 694. The van der Waals surface area contributed by atoms with Gasteiger partial charge in [0, 0.05) is 6.92 Å². The maximum atomic E-state index is 11.5. The summed E-state index contributed by atoms with van der Waals surface area (Å²) >= 11 is 0. The van der Waals surface area contributed by atoms with E-state index in [2.05, 4.69) is 10.1 Å². The average molecular weight is 283 g/mol. The second-order valence-corrected chi connectivity index (χ2v) is 5.54. The van der Waals surface area contributed by atoms with Gasteiger partial charge in [-0.05, 0) is 24.6 Å². The highest BCUT2D eigenvalue weighted by Gasteiger charge is 2.16. The van der Waals surface area contributed by atoms with E-state index in [0.717, 1.165) is 5.56 Å². The van der Waals surface area contributed by atoms with E-state index in [9.17, 15) is 8.42 Å². The standard InChI is InChI=1S/C11H13N3O4S/c1-7-3-4-9(10(5-7)19(12,15)16)17-6-11-13-8(2)18-14-11/h3-5H,6H2,1-2H3,(H2,12,15,16). The molecule has 1 aromatic carbocycles. The van der Waals surface area contributed by atoms with Gasteiger partial charge in [-0.25, -0.2) is 13.6 Å². The van der Waals surface area contributed by atoms with Crippen molar-refractivity contribution < 1.29 is 17.7 Å². The highest BCUT2D eigenvalue weighted by atomic mass is 32.2. The molecule has 19 heavy (non-hydrogen) atoms. The van der Waals surface area contributed by atoms with E-state index in [0.29, 0.717) is 11.7 Å². The van der Waals surface area contributed by atoms with Gasteiger partial charge in [-0.1, -0.05) is 11.2 Å². The SMILES string of the molecule is Cc1ccc(OCc2noc(C)n2)c(S(N)(=O)=O)c1. The van der Waals surface area contributed by atoms with Crippen LogP contribution >= 0.6 is 0 Å². The maximum Gasteiger partial charge on any atom is 0.241 e. The third-order valence-corrected chi connectivity index (χ3v) is 3.26. The number of primary sulfonamides is 1. The summed E-state index contributed by atoms with van der Waals surface area (Å²) in [5.74, 6) is 0.906. The average Bonchev–Trinajstić information content (AvgIpc) is 2.72. The van der Waals surface area contributed by atoms with Crippen molar-refractivity contribution in [3.8, 4) is 5.75 Å². The number of rotatable bonds is 4. The van der Waals surface area contributed by atoms with Crippen molar-refractivity contribution in [2.75, 3.05) is 0 Å². The summed E-state index contributed by atoms with van der Waals surface area (Å²) < 4.78 is 33.1. The molecule has 8 heteroatoms. The Balaban J connectivity index is 2.25. The van der Waals surface area contributed by atoms with Crippen molar-refractivity contribution in [2.24, 2.45) is 5.14 Å². The number of aryl methyl sites for hydroxylation is 2. The first-order chi connectivity index (χ1) is 8.86. The Morgan fingerprint density at radius 3 is 2.68 bits per heavy atom. The van der Waals surface area contributed by atoms with Crippen LogP contribution in [0.5, 0.6) is 5.75 Å². The number of nitrogens with two attached hydrogens (primary N) is 1. The monoisotopic (exact) mass is 283 g/mol. The summed E-state index contributed by atoms with van der Waals surface area (Å²) in [7, 11) is -3.84. The largest absolute Gasteiger partial charge is 0.484 e. The molecule has 2 N–H and O–H groups in total. The van der Waals surface area contributed by atoms with Crippen LogP contribution in [0.15, 0.2) is 27.6 Å². The molecule has 0 radical (unpaired) electrons. The van der Waals surface area contributed by atoms with Crippen LogP contribution < -0.4 is 9.88 Å². The molecule has 0 fully saturated rings. The highest BCUT2D eigenvalue weighted by Crippen LogP contribution is 2.24. The van der Waals surface area contributed by atoms with Crippen LogP contribution in [0.25, 0.3) is 0 Å². The molecule has 0 saturated heterocycles. The van der Waals surface area contributed by atoms with Gasteiger partial charge in [0.25, 0.3) is 0 Å². The van der Waals surface area contributed by atoms with Crippen molar-refractivity contribution in [2.45, 2.75) is 25.3 Å². The number of benzene rings is 1.